The van der Waals surface area contributed by atoms with Crippen molar-refractivity contribution in [3.8, 4) is 0 Å². The first kappa shape index (κ1) is 12.3. The zero-order chi connectivity index (χ0) is 12.4. The van der Waals surface area contributed by atoms with E-state index in [0.717, 1.165) is 17.7 Å². The standard InChI is InChI=1S/C13H8Cl2F2/c14-10-4-1-8(2-5-10)13(15)9-3-6-11(16)12(17)7-9/h1-7,13H. The summed E-state index contributed by atoms with van der Waals surface area (Å²) in [6.07, 6.45) is 0. The van der Waals surface area contributed by atoms with E-state index in [2.05, 4.69) is 0 Å². The fraction of sp³-hybridized carbons (Fsp3) is 0.0769. The van der Waals surface area contributed by atoms with Gasteiger partial charge in [0.25, 0.3) is 0 Å². The Hall–Kier alpha value is -1.12. The van der Waals surface area contributed by atoms with E-state index in [-0.39, 0.29) is 0 Å². The summed E-state index contributed by atoms with van der Waals surface area (Å²) in [5, 5.41) is 0.0743. The molecule has 0 heterocycles. The molecular weight excluding hydrogens is 265 g/mol. The highest BCUT2D eigenvalue weighted by molar-refractivity contribution is 6.30. The Kier molecular flexibility index (Phi) is 3.65. The Morgan fingerprint density at radius 1 is 0.824 bits per heavy atom. The van der Waals surface area contributed by atoms with Gasteiger partial charge in [-0.3, -0.25) is 0 Å². The first-order valence-electron chi connectivity index (χ1n) is 4.92. The number of halogens is 4. The van der Waals surface area contributed by atoms with E-state index in [4.69, 9.17) is 23.2 Å². The average Bonchev–Trinajstić information content (AvgIpc) is 2.33. The van der Waals surface area contributed by atoms with Crippen molar-refractivity contribution in [1.29, 1.82) is 0 Å². The summed E-state index contributed by atoms with van der Waals surface area (Å²) < 4.78 is 25.8. The Bertz CT molecular complexity index is 523. The van der Waals surface area contributed by atoms with Crippen LogP contribution >= 0.6 is 23.2 Å². The van der Waals surface area contributed by atoms with Crippen LogP contribution in [0.3, 0.4) is 0 Å². The molecule has 2 aromatic rings. The topological polar surface area (TPSA) is 0 Å². The molecule has 2 rings (SSSR count). The molecule has 0 bridgehead atoms. The van der Waals surface area contributed by atoms with Crippen LogP contribution < -0.4 is 0 Å². The molecular formula is C13H8Cl2F2. The van der Waals surface area contributed by atoms with Gasteiger partial charge in [0.05, 0.1) is 5.38 Å². The van der Waals surface area contributed by atoms with E-state index in [0.29, 0.717) is 10.6 Å². The van der Waals surface area contributed by atoms with Crippen LogP contribution in [0.4, 0.5) is 8.78 Å². The average molecular weight is 273 g/mol. The maximum absolute atomic E-state index is 13.1. The van der Waals surface area contributed by atoms with E-state index in [1.54, 1.807) is 24.3 Å². The van der Waals surface area contributed by atoms with Crippen molar-refractivity contribution in [2.24, 2.45) is 0 Å². The van der Waals surface area contributed by atoms with Gasteiger partial charge in [-0.25, -0.2) is 8.78 Å². The molecule has 0 aliphatic carbocycles. The highest BCUT2D eigenvalue weighted by Gasteiger charge is 2.13. The Morgan fingerprint density at radius 2 is 1.41 bits per heavy atom. The molecule has 0 aromatic heterocycles. The van der Waals surface area contributed by atoms with E-state index in [1.807, 2.05) is 0 Å². The van der Waals surface area contributed by atoms with Crippen LogP contribution in [0.1, 0.15) is 16.5 Å². The lowest BCUT2D eigenvalue weighted by Crippen LogP contribution is -1.95. The van der Waals surface area contributed by atoms with Gasteiger partial charge in [-0.15, -0.1) is 11.6 Å². The van der Waals surface area contributed by atoms with Gasteiger partial charge in [-0.1, -0.05) is 29.8 Å². The van der Waals surface area contributed by atoms with E-state index >= 15 is 0 Å². The molecule has 4 heteroatoms. The Labute approximate surface area is 108 Å². The third-order valence-electron chi connectivity index (χ3n) is 2.40. The molecule has 0 aliphatic heterocycles. The first-order valence-corrected chi connectivity index (χ1v) is 5.74. The van der Waals surface area contributed by atoms with Crippen molar-refractivity contribution in [1.82, 2.24) is 0 Å². The molecule has 0 saturated heterocycles. The van der Waals surface area contributed by atoms with Crippen molar-refractivity contribution in [3.63, 3.8) is 0 Å². The van der Waals surface area contributed by atoms with Crippen LogP contribution in [0.5, 0.6) is 0 Å². The second kappa shape index (κ2) is 5.03. The molecule has 0 radical (unpaired) electrons. The van der Waals surface area contributed by atoms with Gasteiger partial charge < -0.3 is 0 Å². The predicted octanol–water partition coefficient (Wildman–Crippen LogP) is 4.95. The smallest absolute Gasteiger partial charge is 0.159 e. The molecule has 0 saturated carbocycles. The third kappa shape index (κ3) is 2.76. The van der Waals surface area contributed by atoms with Gasteiger partial charge in [0.15, 0.2) is 11.6 Å². The number of rotatable bonds is 2. The van der Waals surface area contributed by atoms with Gasteiger partial charge >= 0.3 is 0 Å². The number of hydrogen-bond donors (Lipinski definition) is 0. The zero-order valence-corrected chi connectivity index (χ0v) is 10.1. The van der Waals surface area contributed by atoms with Gasteiger partial charge in [0.1, 0.15) is 0 Å². The Morgan fingerprint density at radius 3 is 2.00 bits per heavy atom. The lowest BCUT2D eigenvalue weighted by molar-refractivity contribution is 0.507. The molecule has 0 nitrogen and oxygen atoms in total. The number of hydrogen-bond acceptors (Lipinski definition) is 0. The summed E-state index contributed by atoms with van der Waals surface area (Å²) in [6, 6.07) is 10.5. The van der Waals surface area contributed by atoms with Crippen LogP contribution in [-0.2, 0) is 0 Å². The number of alkyl halides is 1. The maximum Gasteiger partial charge on any atom is 0.159 e. The second-order valence-corrected chi connectivity index (χ2v) is 4.46. The van der Waals surface area contributed by atoms with Gasteiger partial charge in [-0.2, -0.15) is 0 Å². The van der Waals surface area contributed by atoms with Crippen molar-refractivity contribution in [2.75, 3.05) is 0 Å². The van der Waals surface area contributed by atoms with Gasteiger partial charge in [0.2, 0.25) is 0 Å². The molecule has 88 valence electrons. The van der Waals surface area contributed by atoms with Crippen LogP contribution in [0.25, 0.3) is 0 Å². The molecule has 2 aromatic carbocycles. The predicted molar refractivity (Wildman–Crippen MR) is 65.5 cm³/mol. The Balaban J connectivity index is 2.33. The minimum absolute atomic E-state index is 0.507. The second-order valence-electron chi connectivity index (χ2n) is 3.59. The van der Waals surface area contributed by atoms with Crippen LogP contribution in [0, 0.1) is 11.6 Å². The lowest BCUT2D eigenvalue weighted by Gasteiger charge is -2.10. The fourth-order valence-electron chi connectivity index (χ4n) is 1.49. The van der Waals surface area contributed by atoms with Gasteiger partial charge in [-0.05, 0) is 35.4 Å². The summed E-state index contributed by atoms with van der Waals surface area (Å²) in [5.74, 6) is -1.78. The maximum atomic E-state index is 13.1. The zero-order valence-electron chi connectivity index (χ0n) is 8.63. The summed E-state index contributed by atoms with van der Waals surface area (Å²) in [6.45, 7) is 0. The lowest BCUT2D eigenvalue weighted by atomic mass is 10.0. The van der Waals surface area contributed by atoms with Crippen molar-refractivity contribution in [3.05, 3.63) is 70.2 Å². The third-order valence-corrected chi connectivity index (χ3v) is 3.15. The number of benzene rings is 2. The quantitative estimate of drug-likeness (QED) is 0.679. The van der Waals surface area contributed by atoms with Crippen LogP contribution in [0.2, 0.25) is 5.02 Å². The van der Waals surface area contributed by atoms with Crippen molar-refractivity contribution in [2.45, 2.75) is 5.38 Å². The summed E-state index contributed by atoms with van der Waals surface area (Å²) in [5.41, 5.74) is 1.29. The SMILES string of the molecule is Fc1ccc(C(Cl)c2ccc(Cl)cc2)cc1F. The fourth-order valence-corrected chi connectivity index (χ4v) is 1.90. The minimum Gasteiger partial charge on any atom is -0.204 e. The van der Waals surface area contributed by atoms with Crippen LogP contribution in [0.15, 0.2) is 42.5 Å². The molecule has 0 spiro atoms. The van der Waals surface area contributed by atoms with Crippen molar-refractivity contribution < 1.29 is 8.78 Å². The summed E-state index contributed by atoms with van der Waals surface area (Å²) in [7, 11) is 0. The first-order chi connectivity index (χ1) is 8.08. The summed E-state index contributed by atoms with van der Waals surface area (Å²) >= 11 is 11.9. The normalized spacial score (nSPS) is 12.5. The van der Waals surface area contributed by atoms with Crippen LogP contribution in [-0.4, -0.2) is 0 Å². The van der Waals surface area contributed by atoms with E-state index in [1.165, 1.54) is 6.07 Å². The monoisotopic (exact) mass is 272 g/mol. The summed E-state index contributed by atoms with van der Waals surface area (Å²) in [4.78, 5) is 0. The molecule has 17 heavy (non-hydrogen) atoms. The molecule has 0 fully saturated rings. The van der Waals surface area contributed by atoms with E-state index < -0.39 is 17.0 Å². The van der Waals surface area contributed by atoms with Crippen molar-refractivity contribution >= 4 is 23.2 Å². The highest BCUT2D eigenvalue weighted by atomic mass is 35.5. The minimum atomic E-state index is -0.901. The molecule has 1 atom stereocenters. The molecule has 0 aliphatic rings. The van der Waals surface area contributed by atoms with Gasteiger partial charge in [0, 0.05) is 5.02 Å². The van der Waals surface area contributed by atoms with E-state index in [9.17, 15) is 8.78 Å². The molecule has 0 amide bonds. The largest absolute Gasteiger partial charge is 0.204 e. The molecule has 0 N–H and O–H groups in total. The molecule has 1 unspecified atom stereocenters. The highest BCUT2D eigenvalue weighted by Crippen LogP contribution is 2.30.